The van der Waals surface area contributed by atoms with Crippen LogP contribution in [0.25, 0.3) is 11.1 Å². The van der Waals surface area contributed by atoms with E-state index in [-0.39, 0.29) is 5.91 Å². The zero-order valence-corrected chi connectivity index (χ0v) is 14.9. The van der Waals surface area contributed by atoms with Crippen molar-refractivity contribution in [1.29, 1.82) is 0 Å². The van der Waals surface area contributed by atoms with Crippen molar-refractivity contribution in [2.75, 3.05) is 0 Å². The highest BCUT2D eigenvalue weighted by Crippen LogP contribution is 2.29. The summed E-state index contributed by atoms with van der Waals surface area (Å²) in [6, 6.07) is 21.3. The minimum atomic E-state index is 0.237. The van der Waals surface area contributed by atoms with Crippen LogP contribution in [0.1, 0.15) is 24.0 Å². The fraction of sp³-hybridized carbons (Fsp3) is 0.227. The van der Waals surface area contributed by atoms with Gasteiger partial charge in [-0.1, -0.05) is 54.6 Å². The normalized spacial score (nSPS) is 13.6. The van der Waals surface area contributed by atoms with Crippen LogP contribution in [0.2, 0.25) is 0 Å². The van der Waals surface area contributed by atoms with Gasteiger partial charge in [0.1, 0.15) is 0 Å². The third kappa shape index (κ3) is 3.99. The fourth-order valence-electron chi connectivity index (χ4n) is 3.11. The lowest BCUT2D eigenvalue weighted by Crippen LogP contribution is -2.33. The van der Waals surface area contributed by atoms with Crippen LogP contribution in [-0.4, -0.2) is 16.8 Å². The molecule has 0 N–H and O–H groups in total. The molecule has 3 aromatic rings. The number of amides is 1. The number of rotatable bonds is 6. The first-order valence-corrected chi connectivity index (χ1v) is 9.69. The molecule has 1 saturated carbocycles. The predicted octanol–water partition coefficient (Wildman–Crippen LogP) is 5.15. The van der Waals surface area contributed by atoms with Crippen molar-refractivity contribution in [3.05, 3.63) is 82.6 Å². The van der Waals surface area contributed by atoms with Crippen LogP contribution >= 0.6 is 11.3 Å². The fourth-order valence-corrected chi connectivity index (χ4v) is 3.77. The van der Waals surface area contributed by atoms with E-state index >= 15 is 0 Å². The summed E-state index contributed by atoms with van der Waals surface area (Å²) in [5.74, 6) is 0.237. The summed E-state index contributed by atoms with van der Waals surface area (Å²) in [5.41, 5.74) is 4.72. The monoisotopic (exact) mass is 347 g/mol. The van der Waals surface area contributed by atoms with Gasteiger partial charge < -0.3 is 4.90 Å². The highest BCUT2D eigenvalue weighted by Gasteiger charge is 2.32. The van der Waals surface area contributed by atoms with Gasteiger partial charge in [-0.15, -0.1) is 0 Å². The summed E-state index contributed by atoms with van der Waals surface area (Å²) in [7, 11) is 0. The number of carbonyl (C=O) groups excluding carboxylic acids is 1. The Morgan fingerprint density at radius 1 is 0.920 bits per heavy atom. The SMILES string of the molecule is O=C(Cc1ccc(-c2ccccc2)cc1)N(Cc1ccsc1)C1CC1. The van der Waals surface area contributed by atoms with E-state index in [2.05, 4.69) is 58.1 Å². The second kappa shape index (κ2) is 7.24. The maximum absolute atomic E-state index is 12.8. The summed E-state index contributed by atoms with van der Waals surface area (Å²) in [6.45, 7) is 0.745. The first kappa shape index (κ1) is 16.1. The zero-order chi connectivity index (χ0) is 17.1. The van der Waals surface area contributed by atoms with Crippen molar-refractivity contribution in [3.63, 3.8) is 0 Å². The van der Waals surface area contributed by atoms with Crippen molar-refractivity contribution >= 4 is 17.2 Å². The molecule has 126 valence electrons. The van der Waals surface area contributed by atoms with E-state index in [1.165, 1.54) is 16.7 Å². The summed E-state index contributed by atoms with van der Waals surface area (Å²) < 4.78 is 0. The Labute approximate surface area is 152 Å². The van der Waals surface area contributed by atoms with Gasteiger partial charge in [-0.25, -0.2) is 0 Å². The van der Waals surface area contributed by atoms with Crippen LogP contribution < -0.4 is 0 Å². The van der Waals surface area contributed by atoms with Gasteiger partial charge in [-0.3, -0.25) is 4.79 Å². The van der Waals surface area contributed by atoms with Gasteiger partial charge in [0.15, 0.2) is 0 Å². The number of carbonyl (C=O) groups is 1. The lowest BCUT2D eigenvalue weighted by atomic mass is 10.0. The molecule has 1 heterocycles. The van der Waals surface area contributed by atoms with Crippen LogP contribution in [0.3, 0.4) is 0 Å². The molecular weight excluding hydrogens is 326 g/mol. The minimum absolute atomic E-state index is 0.237. The van der Waals surface area contributed by atoms with Gasteiger partial charge in [0.25, 0.3) is 0 Å². The Morgan fingerprint density at radius 3 is 2.28 bits per heavy atom. The van der Waals surface area contributed by atoms with Crippen molar-refractivity contribution in [2.45, 2.75) is 31.8 Å². The molecule has 0 atom stereocenters. The largest absolute Gasteiger partial charge is 0.335 e. The zero-order valence-electron chi connectivity index (χ0n) is 14.1. The third-order valence-corrected chi connectivity index (χ3v) is 5.39. The molecule has 1 aliphatic carbocycles. The minimum Gasteiger partial charge on any atom is -0.335 e. The molecule has 25 heavy (non-hydrogen) atoms. The van der Waals surface area contributed by atoms with E-state index < -0.39 is 0 Å². The topological polar surface area (TPSA) is 20.3 Å². The Hall–Kier alpha value is -2.39. The van der Waals surface area contributed by atoms with Crippen LogP contribution in [0, 0.1) is 0 Å². The van der Waals surface area contributed by atoms with Gasteiger partial charge in [0.2, 0.25) is 5.91 Å². The van der Waals surface area contributed by atoms with Crippen LogP contribution in [0.5, 0.6) is 0 Å². The second-order valence-electron chi connectivity index (χ2n) is 6.62. The molecule has 0 unspecified atom stereocenters. The molecule has 0 aliphatic heterocycles. The number of benzene rings is 2. The van der Waals surface area contributed by atoms with Crippen molar-refractivity contribution in [3.8, 4) is 11.1 Å². The Morgan fingerprint density at radius 2 is 1.64 bits per heavy atom. The van der Waals surface area contributed by atoms with Gasteiger partial charge >= 0.3 is 0 Å². The highest BCUT2D eigenvalue weighted by molar-refractivity contribution is 7.07. The quantitative estimate of drug-likeness (QED) is 0.604. The molecule has 0 saturated heterocycles. The molecule has 0 bridgehead atoms. The molecule has 0 spiro atoms. The van der Waals surface area contributed by atoms with Crippen LogP contribution in [0.4, 0.5) is 0 Å². The van der Waals surface area contributed by atoms with Gasteiger partial charge in [0, 0.05) is 12.6 Å². The molecule has 1 fully saturated rings. The van der Waals surface area contributed by atoms with E-state index in [9.17, 15) is 4.79 Å². The molecular formula is C22H21NOS. The maximum Gasteiger partial charge on any atom is 0.227 e. The van der Waals surface area contributed by atoms with E-state index in [0.717, 1.165) is 24.9 Å². The van der Waals surface area contributed by atoms with Crippen molar-refractivity contribution in [2.24, 2.45) is 0 Å². The molecule has 2 aromatic carbocycles. The van der Waals surface area contributed by atoms with Crippen molar-refractivity contribution in [1.82, 2.24) is 4.90 Å². The Kier molecular flexibility index (Phi) is 4.66. The average molecular weight is 347 g/mol. The molecule has 3 heteroatoms. The lowest BCUT2D eigenvalue weighted by Gasteiger charge is -2.22. The summed E-state index contributed by atoms with van der Waals surface area (Å²) in [5, 5.41) is 4.21. The Balaban J connectivity index is 1.44. The second-order valence-corrected chi connectivity index (χ2v) is 7.40. The molecule has 4 rings (SSSR count). The van der Waals surface area contributed by atoms with Gasteiger partial charge in [-0.05, 0) is 51.9 Å². The van der Waals surface area contributed by atoms with E-state index in [1.807, 2.05) is 18.2 Å². The summed E-state index contributed by atoms with van der Waals surface area (Å²) >= 11 is 1.69. The van der Waals surface area contributed by atoms with Crippen LogP contribution in [-0.2, 0) is 17.8 Å². The predicted molar refractivity (Wildman–Crippen MR) is 103 cm³/mol. The Bertz CT molecular complexity index is 820. The van der Waals surface area contributed by atoms with Crippen molar-refractivity contribution < 1.29 is 4.79 Å². The lowest BCUT2D eigenvalue weighted by molar-refractivity contribution is -0.131. The van der Waals surface area contributed by atoms with E-state index in [0.29, 0.717) is 12.5 Å². The number of hydrogen-bond donors (Lipinski definition) is 0. The first-order valence-electron chi connectivity index (χ1n) is 8.74. The number of thiophene rings is 1. The highest BCUT2D eigenvalue weighted by atomic mass is 32.1. The summed E-state index contributed by atoms with van der Waals surface area (Å²) in [4.78, 5) is 14.9. The molecule has 1 aromatic heterocycles. The smallest absolute Gasteiger partial charge is 0.227 e. The van der Waals surface area contributed by atoms with Gasteiger partial charge in [0.05, 0.1) is 6.42 Å². The molecule has 1 amide bonds. The summed E-state index contributed by atoms with van der Waals surface area (Å²) in [6.07, 6.45) is 2.77. The average Bonchev–Trinajstić information content (AvgIpc) is 3.36. The van der Waals surface area contributed by atoms with E-state index in [4.69, 9.17) is 0 Å². The number of hydrogen-bond acceptors (Lipinski definition) is 2. The maximum atomic E-state index is 12.8. The third-order valence-electron chi connectivity index (χ3n) is 4.66. The number of nitrogens with zero attached hydrogens (tertiary/aromatic N) is 1. The van der Waals surface area contributed by atoms with E-state index in [1.54, 1.807) is 11.3 Å². The molecule has 1 aliphatic rings. The van der Waals surface area contributed by atoms with Gasteiger partial charge in [-0.2, -0.15) is 11.3 Å². The van der Waals surface area contributed by atoms with Crippen LogP contribution in [0.15, 0.2) is 71.4 Å². The standard InChI is InChI=1S/C22H21NOS/c24-22(23(21-10-11-21)15-18-12-13-25-16-18)14-17-6-8-20(9-7-17)19-4-2-1-3-5-19/h1-9,12-13,16,21H,10-11,14-15H2. The molecule has 2 nitrogen and oxygen atoms in total. The molecule has 0 radical (unpaired) electrons. The first-order chi connectivity index (χ1) is 12.3.